The van der Waals surface area contributed by atoms with Crippen molar-refractivity contribution in [2.24, 2.45) is 0 Å². The predicted molar refractivity (Wildman–Crippen MR) is 124 cm³/mol. The lowest BCUT2D eigenvalue weighted by molar-refractivity contribution is -0.131. The number of aromatic nitrogens is 2. The zero-order chi connectivity index (χ0) is 21.0. The van der Waals surface area contributed by atoms with Crippen LogP contribution in [0.3, 0.4) is 0 Å². The molecular formula is C24H29N5OS. The van der Waals surface area contributed by atoms with Gasteiger partial charge < -0.3 is 4.90 Å². The first-order valence-electron chi connectivity index (χ1n) is 11.2. The number of nitrogens with zero attached hydrogens (tertiary/aromatic N) is 5. The molecule has 0 atom stereocenters. The van der Waals surface area contributed by atoms with Gasteiger partial charge in [0.1, 0.15) is 5.69 Å². The van der Waals surface area contributed by atoms with E-state index in [-0.39, 0.29) is 0 Å². The first kappa shape index (κ1) is 20.4. The molecule has 3 aromatic rings. The summed E-state index contributed by atoms with van der Waals surface area (Å²) >= 11 is 1.74. The van der Waals surface area contributed by atoms with Gasteiger partial charge in [0.15, 0.2) is 0 Å². The second kappa shape index (κ2) is 9.34. The average molecular weight is 436 g/mol. The minimum atomic E-state index is 0.301. The van der Waals surface area contributed by atoms with Crippen LogP contribution in [0, 0.1) is 0 Å². The molecule has 2 aromatic heterocycles. The summed E-state index contributed by atoms with van der Waals surface area (Å²) in [5.41, 5.74) is 3.41. The monoisotopic (exact) mass is 435 g/mol. The molecule has 0 saturated carbocycles. The van der Waals surface area contributed by atoms with E-state index in [0.717, 1.165) is 70.0 Å². The molecular weight excluding hydrogens is 406 g/mol. The molecule has 0 aliphatic carbocycles. The third-order valence-electron chi connectivity index (χ3n) is 6.24. The summed E-state index contributed by atoms with van der Waals surface area (Å²) in [4.78, 5) is 20.5. The Labute approximate surface area is 187 Å². The van der Waals surface area contributed by atoms with Gasteiger partial charge in [-0.05, 0) is 36.4 Å². The van der Waals surface area contributed by atoms with Gasteiger partial charge in [-0.15, -0.1) is 11.3 Å². The van der Waals surface area contributed by atoms with Gasteiger partial charge in [-0.2, -0.15) is 5.10 Å². The van der Waals surface area contributed by atoms with E-state index in [0.29, 0.717) is 12.5 Å². The largest absolute Gasteiger partial charge is 0.342 e. The van der Waals surface area contributed by atoms with E-state index >= 15 is 0 Å². The third-order valence-corrected chi connectivity index (χ3v) is 7.12. The van der Waals surface area contributed by atoms with Crippen LogP contribution in [0.4, 0.5) is 0 Å². The van der Waals surface area contributed by atoms with Crippen molar-refractivity contribution in [2.45, 2.75) is 19.4 Å². The molecule has 0 bridgehead atoms. The van der Waals surface area contributed by atoms with Crippen LogP contribution in [0.2, 0.25) is 0 Å². The normalized spacial score (nSPS) is 18.0. The minimum absolute atomic E-state index is 0.301. The Morgan fingerprint density at radius 1 is 0.903 bits per heavy atom. The number of rotatable bonds is 6. The van der Waals surface area contributed by atoms with Crippen LogP contribution in [0.25, 0.3) is 16.3 Å². The van der Waals surface area contributed by atoms with Crippen LogP contribution in [-0.4, -0.2) is 76.2 Å². The van der Waals surface area contributed by atoms with Crippen LogP contribution in [-0.2, 0) is 11.3 Å². The third kappa shape index (κ3) is 4.74. The molecule has 1 amide bonds. The second-order valence-corrected chi connectivity index (χ2v) is 9.35. The van der Waals surface area contributed by atoms with Crippen LogP contribution < -0.4 is 0 Å². The summed E-state index contributed by atoms with van der Waals surface area (Å²) in [6.07, 6.45) is 4.49. The molecule has 1 aromatic carbocycles. The molecule has 4 heterocycles. The van der Waals surface area contributed by atoms with E-state index in [1.807, 2.05) is 27.8 Å². The van der Waals surface area contributed by atoms with Gasteiger partial charge in [-0.1, -0.05) is 24.3 Å². The molecule has 0 spiro atoms. The van der Waals surface area contributed by atoms with E-state index in [1.54, 1.807) is 11.3 Å². The predicted octanol–water partition coefficient (Wildman–Crippen LogP) is 3.34. The first-order chi connectivity index (χ1) is 15.3. The number of likely N-dealkylation sites (tertiary alicyclic amines) is 1. The minimum Gasteiger partial charge on any atom is -0.342 e. The number of thiophene rings is 1. The Bertz CT molecular complexity index is 986. The number of para-hydroxylation sites is 1. The van der Waals surface area contributed by atoms with Crippen LogP contribution in [0.1, 0.15) is 18.4 Å². The highest BCUT2D eigenvalue weighted by molar-refractivity contribution is 7.13. The van der Waals surface area contributed by atoms with Crippen LogP contribution in [0.5, 0.6) is 0 Å². The van der Waals surface area contributed by atoms with Gasteiger partial charge in [0.2, 0.25) is 5.91 Å². The lowest BCUT2D eigenvalue weighted by atomic mass is 10.2. The molecule has 5 rings (SSSR count). The van der Waals surface area contributed by atoms with E-state index < -0.39 is 0 Å². The van der Waals surface area contributed by atoms with Gasteiger partial charge >= 0.3 is 0 Å². The van der Waals surface area contributed by atoms with Crippen LogP contribution in [0.15, 0.2) is 54.0 Å². The summed E-state index contributed by atoms with van der Waals surface area (Å²) in [5, 5.41) is 7.03. The van der Waals surface area contributed by atoms with Crippen molar-refractivity contribution in [1.82, 2.24) is 24.5 Å². The number of carbonyl (C=O) groups is 1. The summed E-state index contributed by atoms with van der Waals surface area (Å²) < 4.78 is 2.00. The molecule has 31 heavy (non-hydrogen) atoms. The maximum atomic E-state index is 12.5. The quantitative estimate of drug-likeness (QED) is 0.596. The Balaban J connectivity index is 1.25. The van der Waals surface area contributed by atoms with Crippen molar-refractivity contribution in [2.75, 3.05) is 45.8 Å². The fourth-order valence-corrected chi connectivity index (χ4v) is 5.21. The molecule has 0 N–H and O–H groups in total. The fraction of sp³-hybridized carbons (Fsp3) is 0.417. The zero-order valence-corrected chi connectivity index (χ0v) is 18.6. The molecule has 162 valence electrons. The molecule has 0 radical (unpaired) electrons. The molecule has 2 aliphatic heterocycles. The van der Waals surface area contributed by atoms with Crippen molar-refractivity contribution in [3.05, 3.63) is 59.6 Å². The van der Waals surface area contributed by atoms with Gasteiger partial charge in [0.25, 0.3) is 0 Å². The number of benzene rings is 1. The molecule has 7 heteroatoms. The van der Waals surface area contributed by atoms with Crippen molar-refractivity contribution in [3.63, 3.8) is 0 Å². The van der Waals surface area contributed by atoms with Crippen LogP contribution >= 0.6 is 11.3 Å². The smallest absolute Gasteiger partial charge is 0.236 e. The molecule has 0 unspecified atom stereocenters. The average Bonchev–Trinajstić information content (AvgIpc) is 3.57. The lowest BCUT2D eigenvalue weighted by Crippen LogP contribution is -2.49. The van der Waals surface area contributed by atoms with Crippen molar-refractivity contribution in [1.29, 1.82) is 0 Å². The van der Waals surface area contributed by atoms with Crippen molar-refractivity contribution in [3.8, 4) is 16.3 Å². The molecule has 6 nitrogen and oxygen atoms in total. The zero-order valence-electron chi connectivity index (χ0n) is 17.8. The molecule has 2 aliphatic rings. The van der Waals surface area contributed by atoms with Gasteiger partial charge in [0, 0.05) is 57.6 Å². The number of hydrogen-bond acceptors (Lipinski definition) is 5. The SMILES string of the molecule is O=C(CN1CCN(Cc2cn(-c3ccccc3)nc2-c2cccs2)CC1)N1CCCC1. The van der Waals surface area contributed by atoms with E-state index in [4.69, 9.17) is 5.10 Å². The van der Waals surface area contributed by atoms with Gasteiger partial charge in [0.05, 0.1) is 17.1 Å². The van der Waals surface area contributed by atoms with Gasteiger partial charge in [-0.25, -0.2) is 4.68 Å². The number of hydrogen-bond donors (Lipinski definition) is 0. The van der Waals surface area contributed by atoms with Crippen molar-refractivity contribution < 1.29 is 4.79 Å². The lowest BCUT2D eigenvalue weighted by Gasteiger charge is -2.34. The van der Waals surface area contributed by atoms with E-state index in [2.05, 4.69) is 45.6 Å². The Hall–Kier alpha value is -2.48. The summed E-state index contributed by atoms with van der Waals surface area (Å²) in [7, 11) is 0. The number of amides is 1. The Morgan fingerprint density at radius 3 is 2.35 bits per heavy atom. The highest BCUT2D eigenvalue weighted by Crippen LogP contribution is 2.29. The van der Waals surface area contributed by atoms with E-state index in [9.17, 15) is 4.79 Å². The number of carbonyl (C=O) groups excluding carboxylic acids is 1. The van der Waals surface area contributed by atoms with E-state index in [1.165, 1.54) is 10.4 Å². The highest BCUT2D eigenvalue weighted by Gasteiger charge is 2.24. The fourth-order valence-electron chi connectivity index (χ4n) is 4.46. The second-order valence-electron chi connectivity index (χ2n) is 8.40. The van der Waals surface area contributed by atoms with Crippen molar-refractivity contribution >= 4 is 17.2 Å². The highest BCUT2D eigenvalue weighted by atomic mass is 32.1. The Morgan fingerprint density at radius 2 is 1.65 bits per heavy atom. The Kier molecular flexibility index (Phi) is 6.15. The molecule has 2 saturated heterocycles. The van der Waals surface area contributed by atoms with Gasteiger partial charge in [-0.3, -0.25) is 14.6 Å². The standard InChI is InChI=1S/C24H29N5OS/c30-23(28-10-4-5-11-28)19-27-14-12-26(13-15-27)17-20-18-29(21-7-2-1-3-8-21)25-24(20)22-9-6-16-31-22/h1-3,6-9,16,18H,4-5,10-15,17,19H2. The summed E-state index contributed by atoms with van der Waals surface area (Å²) in [5.74, 6) is 0.301. The topological polar surface area (TPSA) is 44.6 Å². The number of piperazine rings is 1. The summed E-state index contributed by atoms with van der Waals surface area (Å²) in [6, 6.07) is 14.5. The maximum absolute atomic E-state index is 12.5. The first-order valence-corrected chi connectivity index (χ1v) is 12.0. The maximum Gasteiger partial charge on any atom is 0.236 e. The molecule has 2 fully saturated rings. The summed E-state index contributed by atoms with van der Waals surface area (Å²) in [6.45, 7) is 7.18.